The first kappa shape index (κ1) is 15.3. The summed E-state index contributed by atoms with van der Waals surface area (Å²) in [6.07, 6.45) is 9.81. The largest absolute Gasteiger partial charge is 0.314 e. The Morgan fingerprint density at radius 1 is 1.11 bits per heavy atom. The lowest BCUT2D eigenvalue weighted by Gasteiger charge is -2.44. The molecule has 2 fully saturated rings. The van der Waals surface area contributed by atoms with Gasteiger partial charge in [0.1, 0.15) is 0 Å². The number of hydrogen-bond acceptors (Lipinski definition) is 2. The lowest BCUT2D eigenvalue weighted by molar-refractivity contribution is 0.0653. The molecule has 0 spiro atoms. The van der Waals surface area contributed by atoms with Crippen molar-refractivity contribution in [2.45, 2.75) is 77.3 Å². The molecule has 1 heterocycles. The van der Waals surface area contributed by atoms with Gasteiger partial charge in [0, 0.05) is 24.7 Å². The molecule has 0 amide bonds. The zero-order valence-corrected chi connectivity index (χ0v) is 13.5. The van der Waals surface area contributed by atoms with Crippen LogP contribution in [0, 0.1) is 11.8 Å². The summed E-state index contributed by atoms with van der Waals surface area (Å²) < 4.78 is 0. The minimum atomic E-state index is 0.446. The highest BCUT2D eigenvalue weighted by Gasteiger charge is 2.33. The fourth-order valence-electron chi connectivity index (χ4n) is 4.34. The van der Waals surface area contributed by atoms with Gasteiger partial charge in [-0.1, -0.05) is 33.1 Å². The quantitative estimate of drug-likeness (QED) is 0.835. The van der Waals surface area contributed by atoms with E-state index in [4.69, 9.17) is 0 Å². The van der Waals surface area contributed by atoms with Gasteiger partial charge in [-0.3, -0.25) is 0 Å². The Morgan fingerprint density at radius 2 is 1.79 bits per heavy atom. The smallest absolute Gasteiger partial charge is 0.0190 e. The van der Waals surface area contributed by atoms with Crippen LogP contribution in [0.2, 0.25) is 0 Å². The molecule has 0 radical (unpaired) electrons. The molecule has 2 rings (SSSR count). The van der Waals surface area contributed by atoms with Crippen LogP contribution in [0.15, 0.2) is 0 Å². The van der Waals surface area contributed by atoms with Gasteiger partial charge >= 0.3 is 0 Å². The molecule has 19 heavy (non-hydrogen) atoms. The average Bonchev–Trinajstić information content (AvgIpc) is 2.42. The highest BCUT2D eigenvalue weighted by atomic mass is 15.2. The standard InChI is InChI=1S/C17H34N2/c1-14-12-15(2)16(3)19(13-14)11-10-17(18-4)8-6-5-7-9-17/h14-16,18H,5-13H2,1-4H3. The van der Waals surface area contributed by atoms with E-state index in [1.54, 1.807) is 0 Å². The van der Waals surface area contributed by atoms with Gasteiger partial charge in [-0.15, -0.1) is 0 Å². The number of piperidine rings is 1. The highest BCUT2D eigenvalue weighted by Crippen LogP contribution is 2.33. The molecule has 2 heteroatoms. The molecule has 1 saturated carbocycles. The van der Waals surface area contributed by atoms with Crippen molar-refractivity contribution in [1.82, 2.24) is 10.2 Å². The summed E-state index contributed by atoms with van der Waals surface area (Å²) in [6.45, 7) is 9.89. The maximum atomic E-state index is 3.67. The van der Waals surface area contributed by atoms with Crippen molar-refractivity contribution in [3.05, 3.63) is 0 Å². The molecule has 2 aliphatic rings. The summed E-state index contributed by atoms with van der Waals surface area (Å²) in [5.41, 5.74) is 0.446. The number of nitrogens with one attached hydrogen (secondary N) is 1. The Labute approximate surface area is 120 Å². The molecule has 1 saturated heterocycles. The lowest BCUT2D eigenvalue weighted by Crippen LogP contribution is -2.51. The molecule has 1 N–H and O–H groups in total. The van der Waals surface area contributed by atoms with Gasteiger partial charge in [-0.2, -0.15) is 0 Å². The van der Waals surface area contributed by atoms with Crippen molar-refractivity contribution >= 4 is 0 Å². The van der Waals surface area contributed by atoms with Crippen LogP contribution in [0.3, 0.4) is 0 Å². The van der Waals surface area contributed by atoms with Crippen LogP contribution >= 0.6 is 0 Å². The molecule has 1 aliphatic carbocycles. The summed E-state index contributed by atoms with van der Waals surface area (Å²) in [5, 5.41) is 3.67. The third-order valence-corrected chi connectivity index (χ3v) is 5.94. The predicted octanol–water partition coefficient (Wildman–Crippen LogP) is 3.67. The van der Waals surface area contributed by atoms with Crippen LogP contribution in [-0.4, -0.2) is 36.6 Å². The lowest BCUT2D eigenvalue weighted by atomic mass is 9.78. The van der Waals surface area contributed by atoms with E-state index in [2.05, 4.69) is 38.0 Å². The predicted molar refractivity (Wildman–Crippen MR) is 83.5 cm³/mol. The second-order valence-electron chi connectivity index (χ2n) is 7.39. The molecule has 0 bridgehead atoms. The Morgan fingerprint density at radius 3 is 2.42 bits per heavy atom. The van der Waals surface area contributed by atoms with Gasteiger partial charge in [0.05, 0.1) is 0 Å². The molecule has 2 nitrogen and oxygen atoms in total. The summed E-state index contributed by atoms with van der Waals surface area (Å²) in [6, 6.07) is 0.772. The molecule has 1 aliphatic heterocycles. The Balaban J connectivity index is 1.89. The third-order valence-electron chi connectivity index (χ3n) is 5.94. The molecule has 112 valence electrons. The number of nitrogens with zero attached hydrogens (tertiary/aromatic N) is 1. The van der Waals surface area contributed by atoms with Crippen molar-refractivity contribution in [3.63, 3.8) is 0 Å². The average molecular weight is 266 g/mol. The van der Waals surface area contributed by atoms with Gasteiger partial charge in [-0.25, -0.2) is 0 Å². The van der Waals surface area contributed by atoms with E-state index < -0.39 is 0 Å². The van der Waals surface area contributed by atoms with E-state index in [-0.39, 0.29) is 0 Å². The third kappa shape index (κ3) is 3.72. The van der Waals surface area contributed by atoms with Crippen LogP contribution in [0.25, 0.3) is 0 Å². The summed E-state index contributed by atoms with van der Waals surface area (Å²) in [4.78, 5) is 2.76. The van der Waals surface area contributed by atoms with E-state index in [1.165, 1.54) is 58.0 Å². The maximum absolute atomic E-state index is 3.67. The molecule has 0 aromatic carbocycles. The maximum Gasteiger partial charge on any atom is 0.0190 e. The fraction of sp³-hybridized carbons (Fsp3) is 1.00. The molecule has 0 aromatic rings. The Bertz CT molecular complexity index is 270. The van der Waals surface area contributed by atoms with E-state index in [0.717, 1.165) is 17.9 Å². The van der Waals surface area contributed by atoms with Crippen LogP contribution in [0.5, 0.6) is 0 Å². The van der Waals surface area contributed by atoms with Gasteiger partial charge < -0.3 is 10.2 Å². The van der Waals surface area contributed by atoms with Crippen molar-refractivity contribution in [2.75, 3.05) is 20.1 Å². The fourth-order valence-corrected chi connectivity index (χ4v) is 4.34. The van der Waals surface area contributed by atoms with Gasteiger partial charge in [0.15, 0.2) is 0 Å². The number of hydrogen-bond donors (Lipinski definition) is 1. The first-order valence-electron chi connectivity index (χ1n) is 8.49. The topological polar surface area (TPSA) is 15.3 Å². The SMILES string of the molecule is CNC1(CCN2CC(C)CC(C)C2C)CCCCC1. The number of rotatable bonds is 4. The molecular formula is C17H34N2. The van der Waals surface area contributed by atoms with Crippen molar-refractivity contribution in [2.24, 2.45) is 11.8 Å². The van der Waals surface area contributed by atoms with Gasteiger partial charge in [-0.05, 0) is 51.5 Å². The molecule has 3 atom stereocenters. The van der Waals surface area contributed by atoms with Gasteiger partial charge in [0.25, 0.3) is 0 Å². The Hall–Kier alpha value is -0.0800. The van der Waals surface area contributed by atoms with Crippen molar-refractivity contribution < 1.29 is 0 Å². The van der Waals surface area contributed by atoms with Crippen LogP contribution in [-0.2, 0) is 0 Å². The van der Waals surface area contributed by atoms with E-state index in [1.807, 2.05) is 0 Å². The first-order valence-corrected chi connectivity index (χ1v) is 8.49. The molecule has 0 aromatic heterocycles. The highest BCUT2D eigenvalue weighted by molar-refractivity contribution is 4.92. The minimum absolute atomic E-state index is 0.446. The van der Waals surface area contributed by atoms with Crippen LogP contribution in [0.4, 0.5) is 0 Å². The van der Waals surface area contributed by atoms with E-state index in [9.17, 15) is 0 Å². The minimum Gasteiger partial charge on any atom is -0.314 e. The first-order chi connectivity index (χ1) is 9.06. The number of likely N-dealkylation sites (tertiary alicyclic amines) is 1. The zero-order valence-electron chi connectivity index (χ0n) is 13.5. The molecule has 3 unspecified atom stereocenters. The van der Waals surface area contributed by atoms with Crippen molar-refractivity contribution in [3.8, 4) is 0 Å². The second kappa shape index (κ2) is 6.58. The van der Waals surface area contributed by atoms with Crippen LogP contribution < -0.4 is 5.32 Å². The summed E-state index contributed by atoms with van der Waals surface area (Å²) >= 11 is 0. The Kier molecular flexibility index (Phi) is 5.30. The van der Waals surface area contributed by atoms with Crippen LogP contribution in [0.1, 0.15) is 65.7 Å². The summed E-state index contributed by atoms with van der Waals surface area (Å²) in [7, 11) is 2.18. The normalized spacial score (nSPS) is 36.3. The second-order valence-corrected chi connectivity index (χ2v) is 7.39. The van der Waals surface area contributed by atoms with E-state index >= 15 is 0 Å². The molecular weight excluding hydrogens is 232 g/mol. The summed E-state index contributed by atoms with van der Waals surface area (Å²) in [5.74, 6) is 1.74. The van der Waals surface area contributed by atoms with E-state index in [0.29, 0.717) is 5.54 Å². The zero-order chi connectivity index (χ0) is 13.9. The van der Waals surface area contributed by atoms with Gasteiger partial charge in [0.2, 0.25) is 0 Å². The van der Waals surface area contributed by atoms with Crippen molar-refractivity contribution in [1.29, 1.82) is 0 Å². The monoisotopic (exact) mass is 266 g/mol.